The van der Waals surface area contributed by atoms with Crippen LogP contribution in [0, 0.1) is 6.92 Å². The van der Waals surface area contributed by atoms with Gasteiger partial charge in [0.1, 0.15) is 18.1 Å². The van der Waals surface area contributed by atoms with E-state index >= 15 is 0 Å². The highest BCUT2D eigenvalue weighted by Crippen LogP contribution is 2.18. The molecule has 0 fully saturated rings. The Morgan fingerprint density at radius 3 is 2.70 bits per heavy atom. The Balaban J connectivity index is 1.96. The van der Waals surface area contributed by atoms with Crippen LogP contribution in [0.25, 0.3) is 0 Å². The first-order valence-corrected chi connectivity index (χ1v) is 6.64. The number of carbonyl (C=O) groups excluding carboxylic acids is 1. The number of benzene rings is 1. The monoisotopic (exact) mass is 273 g/mol. The molecule has 0 unspecified atom stereocenters. The van der Waals surface area contributed by atoms with Gasteiger partial charge in [0.2, 0.25) is 0 Å². The van der Waals surface area contributed by atoms with Crippen molar-refractivity contribution < 1.29 is 13.9 Å². The minimum Gasteiger partial charge on any atom is -0.485 e. The van der Waals surface area contributed by atoms with Crippen molar-refractivity contribution in [1.29, 1.82) is 0 Å². The van der Waals surface area contributed by atoms with Crippen molar-refractivity contribution in [1.82, 2.24) is 5.32 Å². The van der Waals surface area contributed by atoms with Crippen molar-refractivity contribution in [3.63, 3.8) is 0 Å². The molecule has 4 nitrogen and oxygen atoms in total. The molecule has 4 heteroatoms. The van der Waals surface area contributed by atoms with E-state index in [9.17, 15) is 4.79 Å². The Morgan fingerprint density at radius 2 is 2.00 bits per heavy atom. The maximum atomic E-state index is 11.8. The number of furan rings is 1. The summed E-state index contributed by atoms with van der Waals surface area (Å²) in [6.07, 6.45) is 0. The molecule has 1 aromatic carbocycles. The predicted molar refractivity (Wildman–Crippen MR) is 76.8 cm³/mol. The van der Waals surface area contributed by atoms with E-state index in [1.54, 1.807) is 12.1 Å². The third-order valence-electron chi connectivity index (χ3n) is 2.77. The molecule has 106 valence electrons. The van der Waals surface area contributed by atoms with Gasteiger partial charge in [0, 0.05) is 6.04 Å². The Hall–Kier alpha value is -2.23. The van der Waals surface area contributed by atoms with E-state index < -0.39 is 0 Å². The SMILES string of the molecule is Cc1ccccc1OCc1ccc(C(=O)NC(C)C)o1. The van der Waals surface area contributed by atoms with Gasteiger partial charge < -0.3 is 14.5 Å². The lowest BCUT2D eigenvalue weighted by atomic mass is 10.2. The topological polar surface area (TPSA) is 51.5 Å². The van der Waals surface area contributed by atoms with Crippen LogP contribution in [0.3, 0.4) is 0 Å². The number of ether oxygens (including phenoxy) is 1. The number of amides is 1. The molecule has 1 N–H and O–H groups in total. The van der Waals surface area contributed by atoms with E-state index in [1.807, 2.05) is 45.0 Å². The van der Waals surface area contributed by atoms with Crippen LogP contribution in [0.15, 0.2) is 40.8 Å². The van der Waals surface area contributed by atoms with Crippen LogP contribution in [0.2, 0.25) is 0 Å². The number of para-hydroxylation sites is 1. The van der Waals surface area contributed by atoms with Crippen molar-refractivity contribution in [2.24, 2.45) is 0 Å². The molecule has 1 aromatic heterocycles. The summed E-state index contributed by atoms with van der Waals surface area (Å²) >= 11 is 0. The second-order valence-electron chi connectivity index (χ2n) is 4.95. The lowest BCUT2D eigenvalue weighted by molar-refractivity contribution is 0.0911. The normalized spacial score (nSPS) is 10.6. The van der Waals surface area contributed by atoms with Gasteiger partial charge in [0.05, 0.1) is 0 Å². The van der Waals surface area contributed by atoms with Crippen molar-refractivity contribution in [2.45, 2.75) is 33.4 Å². The maximum Gasteiger partial charge on any atom is 0.287 e. The first kappa shape index (κ1) is 14.2. The molecule has 20 heavy (non-hydrogen) atoms. The number of hydrogen-bond acceptors (Lipinski definition) is 3. The quantitative estimate of drug-likeness (QED) is 0.909. The minimum absolute atomic E-state index is 0.0827. The highest BCUT2D eigenvalue weighted by Gasteiger charge is 2.12. The predicted octanol–water partition coefficient (Wildman–Crippen LogP) is 3.31. The van der Waals surface area contributed by atoms with Crippen LogP contribution >= 0.6 is 0 Å². The summed E-state index contributed by atoms with van der Waals surface area (Å²) < 4.78 is 11.1. The van der Waals surface area contributed by atoms with Crippen LogP contribution in [-0.2, 0) is 6.61 Å². The van der Waals surface area contributed by atoms with Gasteiger partial charge in [-0.3, -0.25) is 4.79 Å². The fraction of sp³-hybridized carbons (Fsp3) is 0.312. The first-order chi connectivity index (χ1) is 9.56. The largest absolute Gasteiger partial charge is 0.485 e. The Labute approximate surface area is 118 Å². The molecule has 0 saturated heterocycles. The van der Waals surface area contributed by atoms with Crippen molar-refractivity contribution >= 4 is 5.91 Å². The first-order valence-electron chi connectivity index (χ1n) is 6.64. The van der Waals surface area contributed by atoms with Crippen molar-refractivity contribution in [3.8, 4) is 5.75 Å². The van der Waals surface area contributed by atoms with E-state index in [1.165, 1.54) is 0 Å². The summed E-state index contributed by atoms with van der Waals surface area (Å²) in [6.45, 7) is 6.10. The molecule has 0 aliphatic heterocycles. The molecule has 0 atom stereocenters. The molecule has 1 heterocycles. The lowest BCUT2D eigenvalue weighted by Gasteiger charge is -2.07. The molecule has 2 aromatic rings. The molecule has 0 bridgehead atoms. The fourth-order valence-electron chi connectivity index (χ4n) is 1.78. The summed E-state index contributed by atoms with van der Waals surface area (Å²) in [6, 6.07) is 11.3. The zero-order valence-electron chi connectivity index (χ0n) is 12.0. The van der Waals surface area contributed by atoms with Crippen LogP contribution in [0.1, 0.15) is 35.7 Å². The van der Waals surface area contributed by atoms with Crippen LogP contribution in [0.4, 0.5) is 0 Å². The molecule has 0 spiro atoms. The van der Waals surface area contributed by atoms with Gasteiger partial charge in [0.25, 0.3) is 5.91 Å². The Bertz CT molecular complexity index is 587. The van der Waals surface area contributed by atoms with Gasteiger partial charge in [-0.25, -0.2) is 0 Å². The van der Waals surface area contributed by atoms with Gasteiger partial charge in [-0.05, 0) is 44.5 Å². The van der Waals surface area contributed by atoms with Gasteiger partial charge in [-0.2, -0.15) is 0 Å². The maximum absolute atomic E-state index is 11.8. The van der Waals surface area contributed by atoms with Crippen LogP contribution in [0.5, 0.6) is 5.75 Å². The molecular formula is C16H19NO3. The van der Waals surface area contributed by atoms with E-state index in [0.717, 1.165) is 11.3 Å². The minimum atomic E-state index is -0.206. The van der Waals surface area contributed by atoms with E-state index in [4.69, 9.17) is 9.15 Å². The molecular weight excluding hydrogens is 254 g/mol. The summed E-state index contributed by atoms with van der Waals surface area (Å²) in [5.74, 6) is 1.54. The zero-order chi connectivity index (χ0) is 14.5. The lowest BCUT2D eigenvalue weighted by Crippen LogP contribution is -2.29. The van der Waals surface area contributed by atoms with Crippen LogP contribution in [-0.4, -0.2) is 11.9 Å². The average molecular weight is 273 g/mol. The number of carbonyl (C=O) groups is 1. The molecule has 0 aliphatic carbocycles. The van der Waals surface area contributed by atoms with Gasteiger partial charge in [0.15, 0.2) is 5.76 Å². The van der Waals surface area contributed by atoms with Gasteiger partial charge in [-0.1, -0.05) is 18.2 Å². The standard InChI is InChI=1S/C16H19NO3/c1-11(2)17-16(18)15-9-8-13(20-15)10-19-14-7-5-4-6-12(14)3/h4-9,11H,10H2,1-3H3,(H,17,18). The molecule has 0 saturated carbocycles. The number of aryl methyl sites for hydroxylation is 1. The fourth-order valence-corrected chi connectivity index (χ4v) is 1.78. The van der Waals surface area contributed by atoms with Gasteiger partial charge >= 0.3 is 0 Å². The van der Waals surface area contributed by atoms with E-state index in [0.29, 0.717) is 18.1 Å². The summed E-state index contributed by atoms with van der Waals surface area (Å²) in [5.41, 5.74) is 1.07. The van der Waals surface area contributed by atoms with Crippen LogP contribution < -0.4 is 10.1 Å². The summed E-state index contributed by atoms with van der Waals surface area (Å²) in [4.78, 5) is 11.8. The third-order valence-corrected chi connectivity index (χ3v) is 2.77. The van der Waals surface area contributed by atoms with E-state index in [-0.39, 0.29) is 11.9 Å². The molecule has 0 radical (unpaired) electrons. The van der Waals surface area contributed by atoms with Crippen molar-refractivity contribution in [3.05, 3.63) is 53.5 Å². The van der Waals surface area contributed by atoms with Gasteiger partial charge in [-0.15, -0.1) is 0 Å². The molecule has 2 rings (SSSR count). The number of rotatable bonds is 5. The Morgan fingerprint density at radius 1 is 1.25 bits per heavy atom. The number of nitrogens with one attached hydrogen (secondary N) is 1. The van der Waals surface area contributed by atoms with Crippen molar-refractivity contribution in [2.75, 3.05) is 0 Å². The van der Waals surface area contributed by atoms with E-state index in [2.05, 4.69) is 5.32 Å². The second-order valence-corrected chi connectivity index (χ2v) is 4.95. The summed E-state index contributed by atoms with van der Waals surface area (Å²) in [7, 11) is 0. The summed E-state index contributed by atoms with van der Waals surface area (Å²) in [5, 5.41) is 2.78. The molecule has 1 amide bonds. The zero-order valence-corrected chi connectivity index (χ0v) is 12.0. The highest BCUT2D eigenvalue weighted by molar-refractivity contribution is 5.91. The smallest absolute Gasteiger partial charge is 0.287 e. The number of hydrogen-bond donors (Lipinski definition) is 1. The highest BCUT2D eigenvalue weighted by atomic mass is 16.5. The second kappa shape index (κ2) is 6.28. The third kappa shape index (κ3) is 3.63. The average Bonchev–Trinajstić information content (AvgIpc) is 2.86. The molecule has 0 aliphatic rings. The Kier molecular flexibility index (Phi) is 4.45.